The minimum absolute atomic E-state index is 0.123. The first-order valence-corrected chi connectivity index (χ1v) is 9.18. The van der Waals surface area contributed by atoms with Gasteiger partial charge < -0.3 is 5.32 Å². The van der Waals surface area contributed by atoms with E-state index in [0.29, 0.717) is 22.8 Å². The Kier molecular flexibility index (Phi) is 4.28. The smallest absolute Gasteiger partial charge is 0.223 e. The van der Waals surface area contributed by atoms with Gasteiger partial charge in [0, 0.05) is 22.5 Å². The average molecular weight is 360 g/mol. The molecule has 0 unspecified atom stereocenters. The van der Waals surface area contributed by atoms with Crippen molar-refractivity contribution in [3.05, 3.63) is 69.7 Å². The molecule has 4 atom stereocenters. The zero-order valence-electron chi connectivity index (χ0n) is 13.2. The third-order valence-electron chi connectivity index (χ3n) is 5.60. The highest BCUT2D eigenvalue weighted by Gasteiger charge is 2.47. The highest BCUT2D eigenvalue weighted by molar-refractivity contribution is 6.35. The molecule has 0 spiro atoms. The molecule has 1 N–H and O–H groups in total. The molecule has 2 aromatic rings. The number of carbonyl (C=O) groups is 1. The Hall–Kier alpha value is -1.51. The maximum Gasteiger partial charge on any atom is 0.223 e. The number of halogens is 2. The van der Waals surface area contributed by atoms with Gasteiger partial charge in [-0.15, -0.1) is 0 Å². The number of hydrogen-bond donors (Lipinski definition) is 1. The van der Waals surface area contributed by atoms with Crippen LogP contribution in [0.1, 0.15) is 35.8 Å². The van der Waals surface area contributed by atoms with Crippen molar-refractivity contribution in [2.24, 2.45) is 11.8 Å². The van der Waals surface area contributed by atoms with Crippen molar-refractivity contribution < 1.29 is 4.79 Å². The molecule has 0 radical (unpaired) electrons. The van der Waals surface area contributed by atoms with Crippen LogP contribution in [-0.4, -0.2) is 12.5 Å². The molecule has 2 aliphatic rings. The van der Waals surface area contributed by atoms with Gasteiger partial charge in [0.05, 0.1) is 0 Å². The van der Waals surface area contributed by atoms with Crippen molar-refractivity contribution in [2.75, 3.05) is 6.54 Å². The number of nitrogens with one attached hydrogen (secondary N) is 1. The molecule has 2 aromatic carbocycles. The van der Waals surface area contributed by atoms with Crippen molar-refractivity contribution in [2.45, 2.75) is 24.7 Å². The predicted octanol–water partition coefficient (Wildman–Crippen LogP) is 5.02. The van der Waals surface area contributed by atoms with Crippen LogP contribution in [0.3, 0.4) is 0 Å². The normalized spacial score (nSPS) is 29.2. The molecular weight excluding hydrogens is 341 g/mol. The van der Waals surface area contributed by atoms with Crippen molar-refractivity contribution in [1.29, 1.82) is 0 Å². The van der Waals surface area contributed by atoms with E-state index < -0.39 is 0 Å². The Labute approximate surface area is 152 Å². The van der Waals surface area contributed by atoms with Gasteiger partial charge in [-0.1, -0.05) is 59.6 Å². The lowest BCUT2D eigenvalue weighted by Gasteiger charge is -2.39. The summed E-state index contributed by atoms with van der Waals surface area (Å²) in [6, 6.07) is 16.3. The monoisotopic (exact) mass is 359 g/mol. The van der Waals surface area contributed by atoms with E-state index in [1.54, 1.807) is 0 Å². The summed E-state index contributed by atoms with van der Waals surface area (Å²) in [5, 5.41) is 4.45. The van der Waals surface area contributed by atoms with E-state index in [2.05, 4.69) is 35.6 Å². The first-order chi connectivity index (χ1) is 11.6. The molecule has 24 heavy (non-hydrogen) atoms. The van der Waals surface area contributed by atoms with Crippen LogP contribution >= 0.6 is 23.2 Å². The van der Waals surface area contributed by atoms with E-state index >= 15 is 0 Å². The van der Waals surface area contributed by atoms with Gasteiger partial charge in [-0.05, 0) is 53.9 Å². The van der Waals surface area contributed by atoms with E-state index in [1.807, 2.05) is 18.2 Å². The zero-order chi connectivity index (χ0) is 16.7. The first kappa shape index (κ1) is 16.0. The molecule has 1 heterocycles. The molecule has 4 rings (SSSR count). The van der Waals surface area contributed by atoms with Crippen LogP contribution in [0, 0.1) is 11.8 Å². The fourth-order valence-electron chi connectivity index (χ4n) is 4.55. The molecule has 1 saturated heterocycles. The van der Waals surface area contributed by atoms with Crippen LogP contribution in [0.2, 0.25) is 10.0 Å². The standard InChI is InChI=1S/C20H19Cl2NO/c21-13-6-7-14(18(22)10-13)15-8-9-16-17(11-23-20(16)24)19(15)12-4-2-1-3-5-12/h1-7,10,15-17,19H,8-9,11H2,(H,23,24)/t15-,16+,17+,19-/m0/s1. The molecule has 1 amide bonds. The minimum atomic E-state index is 0.123. The zero-order valence-corrected chi connectivity index (χ0v) is 14.7. The Morgan fingerprint density at radius 1 is 0.958 bits per heavy atom. The van der Waals surface area contributed by atoms with Crippen molar-refractivity contribution in [1.82, 2.24) is 5.32 Å². The number of hydrogen-bond acceptors (Lipinski definition) is 1. The van der Waals surface area contributed by atoms with Crippen LogP contribution in [0.4, 0.5) is 0 Å². The molecule has 1 aliphatic heterocycles. The highest BCUT2D eigenvalue weighted by atomic mass is 35.5. The van der Waals surface area contributed by atoms with Gasteiger partial charge in [0.15, 0.2) is 0 Å². The second kappa shape index (κ2) is 6.42. The minimum Gasteiger partial charge on any atom is -0.356 e. The van der Waals surface area contributed by atoms with Crippen LogP contribution in [0.15, 0.2) is 48.5 Å². The fourth-order valence-corrected chi connectivity index (χ4v) is 5.10. The molecule has 4 heteroatoms. The quantitative estimate of drug-likeness (QED) is 0.801. The lowest BCUT2D eigenvalue weighted by molar-refractivity contribution is -0.123. The Morgan fingerprint density at radius 2 is 1.71 bits per heavy atom. The molecule has 0 bridgehead atoms. The summed E-state index contributed by atoms with van der Waals surface area (Å²) in [5.74, 6) is 1.26. The summed E-state index contributed by atoms with van der Waals surface area (Å²) >= 11 is 12.6. The second-order valence-electron chi connectivity index (χ2n) is 6.80. The summed E-state index contributed by atoms with van der Waals surface area (Å²) in [4.78, 5) is 12.2. The topological polar surface area (TPSA) is 29.1 Å². The van der Waals surface area contributed by atoms with Crippen molar-refractivity contribution in [3.8, 4) is 0 Å². The molecule has 2 fully saturated rings. The third-order valence-corrected chi connectivity index (χ3v) is 6.16. The van der Waals surface area contributed by atoms with Gasteiger partial charge in [-0.2, -0.15) is 0 Å². The third kappa shape index (κ3) is 2.72. The van der Waals surface area contributed by atoms with E-state index in [1.165, 1.54) is 5.56 Å². The lowest BCUT2D eigenvalue weighted by atomic mass is 9.63. The maximum atomic E-state index is 12.2. The molecule has 124 valence electrons. The fraction of sp³-hybridized carbons (Fsp3) is 0.350. The second-order valence-corrected chi connectivity index (χ2v) is 7.65. The Bertz CT molecular complexity index is 761. The van der Waals surface area contributed by atoms with Gasteiger partial charge in [-0.25, -0.2) is 0 Å². The van der Waals surface area contributed by atoms with Crippen molar-refractivity contribution in [3.63, 3.8) is 0 Å². The Balaban J connectivity index is 1.78. The molecule has 1 aliphatic carbocycles. The van der Waals surface area contributed by atoms with E-state index in [-0.39, 0.29) is 11.8 Å². The average Bonchev–Trinajstić information content (AvgIpc) is 2.96. The number of benzene rings is 2. The lowest BCUT2D eigenvalue weighted by Crippen LogP contribution is -2.32. The number of amides is 1. The van der Waals surface area contributed by atoms with Gasteiger partial charge in [0.1, 0.15) is 0 Å². The van der Waals surface area contributed by atoms with E-state index in [9.17, 15) is 4.79 Å². The van der Waals surface area contributed by atoms with Gasteiger partial charge in [0.2, 0.25) is 5.91 Å². The van der Waals surface area contributed by atoms with Crippen molar-refractivity contribution >= 4 is 29.1 Å². The largest absolute Gasteiger partial charge is 0.356 e. The van der Waals surface area contributed by atoms with E-state index in [4.69, 9.17) is 23.2 Å². The van der Waals surface area contributed by atoms with E-state index in [0.717, 1.165) is 30.0 Å². The van der Waals surface area contributed by atoms with Crippen LogP contribution < -0.4 is 5.32 Å². The van der Waals surface area contributed by atoms with Gasteiger partial charge >= 0.3 is 0 Å². The summed E-state index contributed by atoms with van der Waals surface area (Å²) in [7, 11) is 0. The highest BCUT2D eigenvalue weighted by Crippen LogP contribution is 2.52. The summed E-state index contributed by atoms with van der Waals surface area (Å²) < 4.78 is 0. The van der Waals surface area contributed by atoms with Crippen LogP contribution in [0.25, 0.3) is 0 Å². The SMILES string of the molecule is O=C1NC[C@H]2[C@@H](c3ccccc3)[C@H](c3ccc(Cl)cc3Cl)CC[C@@H]12. The Morgan fingerprint density at radius 3 is 2.46 bits per heavy atom. The van der Waals surface area contributed by atoms with Gasteiger partial charge in [0.25, 0.3) is 0 Å². The summed E-state index contributed by atoms with van der Waals surface area (Å²) in [5.41, 5.74) is 2.44. The predicted molar refractivity (Wildman–Crippen MR) is 97.6 cm³/mol. The van der Waals surface area contributed by atoms with Crippen LogP contribution in [-0.2, 0) is 4.79 Å². The number of rotatable bonds is 2. The summed E-state index contributed by atoms with van der Waals surface area (Å²) in [6.45, 7) is 0.755. The molecular formula is C20H19Cl2NO. The molecule has 0 aromatic heterocycles. The molecule has 1 saturated carbocycles. The first-order valence-electron chi connectivity index (χ1n) is 8.43. The molecule has 2 nitrogen and oxygen atoms in total. The maximum absolute atomic E-state index is 12.2. The summed E-state index contributed by atoms with van der Waals surface area (Å²) in [6.07, 6.45) is 1.89. The van der Waals surface area contributed by atoms with Gasteiger partial charge in [-0.3, -0.25) is 4.79 Å². The van der Waals surface area contributed by atoms with Crippen LogP contribution in [0.5, 0.6) is 0 Å². The number of fused-ring (bicyclic) bond motifs is 1. The number of carbonyl (C=O) groups excluding carboxylic acids is 1.